The van der Waals surface area contributed by atoms with E-state index in [9.17, 15) is 18.4 Å². The second-order valence-electron chi connectivity index (χ2n) is 7.79. The molecule has 0 aromatic heterocycles. The van der Waals surface area contributed by atoms with E-state index in [1.54, 1.807) is 6.07 Å². The molecule has 4 nitrogen and oxygen atoms in total. The predicted octanol–water partition coefficient (Wildman–Crippen LogP) is 5.54. The van der Waals surface area contributed by atoms with Crippen LogP contribution >= 0.6 is 0 Å². The normalized spacial score (nSPS) is 13.8. The first kappa shape index (κ1) is 21.4. The number of imide groups is 1. The van der Waals surface area contributed by atoms with Gasteiger partial charge in [0.25, 0.3) is 11.8 Å². The highest BCUT2D eigenvalue weighted by molar-refractivity contribution is 6.46. The molecule has 0 fully saturated rings. The van der Waals surface area contributed by atoms with Crippen LogP contribution in [-0.2, 0) is 16.0 Å². The summed E-state index contributed by atoms with van der Waals surface area (Å²) in [6, 6.07) is 15.8. The van der Waals surface area contributed by atoms with Crippen molar-refractivity contribution in [3.05, 3.63) is 100 Å². The summed E-state index contributed by atoms with van der Waals surface area (Å²) in [6.07, 6.45) is 0.867. The first-order valence-corrected chi connectivity index (χ1v) is 10.3. The molecule has 3 aromatic rings. The lowest BCUT2D eigenvalue weighted by Gasteiger charge is -2.16. The minimum Gasteiger partial charge on any atom is -0.350 e. The third-order valence-corrected chi connectivity index (χ3v) is 5.52. The van der Waals surface area contributed by atoms with Gasteiger partial charge in [0.1, 0.15) is 17.3 Å². The van der Waals surface area contributed by atoms with Gasteiger partial charge in [0.15, 0.2) is 0 Å². The van der Waals surface area contributed by atoms with Crippen LogP contribution in [0.3, 0.4) is 0 Å². The lowest BCUT2D eigenvalue weighted by Crippen LogP contribution is -2.33. The van der Waals surface area contributed by atoms with Crippen molar-refractivity contribution in [1.82, 2.24) is 0 Å². The summed E-state index contributed by atoms with van der Waals surface area (Å²) < 4.78 is 28.0. The van der Waals surface area contributed by atoms with Gasteiger partial charge in [0.2, 0.25) is 0 Å². The number of benzene rings is 3. The number of nitrogens with one attached hydrogen (secondary N) is 1. The number of halogens is 2. The molecule has 1 aliphatic rings. The van der Waals surface area contributed by atoms with Crippen LogP contribution in [-0.4, -0.2) is 11.8 Å². The number of hydrogen-bond acceptors (Lipinski definition) is 3. The van der Waals surface area contributed by atoms with Gasteiger partial charge in [-0.1, -0.05) is 42.8 Å². The maximum Gasteiger partial charge on any atom is 0.282 e. The lowest BCUT2D eigenvalue weighted by molar-refractivity contribution is -0.120. The van der Waals surface area contributed by atoms with Crippen molar-refractivity contribution < 1.29 is 18.4 Å². The van der Waals surface area contributed by atoms with Crippen molar-refractivity contribution in [2.75, 3.05) is 10.2 Å². The van der Waals surface area contributed by atoms with E-state index in [0.717, 1.165) is 40.1 Å². The fourth-order valence-electron chi connectivity index (χ4n) is 3.84. The Bertz CT molecular complexity index is 1260. The molecule has 162 valence electrons. The smallest absolute Gasteiger partial charge is 0.282 e. The van der Waals surface area contributed by atoms with E-state index in [0.29, 0.717) is 17.3 Å². The van der Waals surface area contributed by atoms with Gasteiger partial charge in [0, 0.05) is 11.8 Å². The van der Waals surface area contributed by atoms with Crippen molar-refractivity contribution in [1.29, 1.82) is 0 Å². The van der Waals surface area contributed by atoms with Crippen molar-refractivity contribution in [2.45, 2.75) is 27.2 Å². The number of hydrogen-bond donors (Lipinski definition) is 1. The summed E-state index contributed by atoms with van der Waals surface area (Å²) in [5, 5.41) is 3.06. The molecule has 1 aliphatic heterocycles. The van der Waals surface area contributed by atoms with Crippen LogP contribution in [0.15, 0.2) is 66.4 Å². The minimum absolute atomic E-state index is 0.0509. The Kier molecular flexibility index (Phi) is 5.61. The number of aryl methyl sites for hydroxylation is 3. The highest BCUT2D eigenvalue weighted by Crippen LogP contribution is 2.36. The molecule has 1 heterocycles. The number of carbonyl (C=O) groups excluding carboxylic acids is 2. The van der Waals surface area contributed by atoms with E-state index in [1.165, 1.54) is 0 Å². The third-order valence-electron chi connectivity index (χ3n) is 5.52. The topological polar surface area (TPSA) is 49.4 Å². The van der Waals surface area contributed by atoms with Crippen LogP contribution in [0.25, 0.3) is 5.57 Å². The maximum atomic E-state index is 14.5. The first-order chi connectivity index (χ1) is 15.3. The Balaban J connectivity index is 1.85. The molecule has 3 aromatic carbocycles. The van der Waals surface area contributed by atoms with Crippen LogP contribution < -0.4 is 10.2 Å². The maximum absolute atomic E-state index is 14.5. The van der Waals surface area contributed by atoms with Gasteiger partial charge in [-0.2, -0.15) is 0 Å². The number of carbonyl (C=O) groups is 2. The molecule has 1 N–H and O–H groups in total. The van der Waals surface area contributed by atoms with Gasteiger partial charge in [-0.25, -0.2) is 13.7 Å². The zero-order valence-corrected chi connectivity index (χ0v) is 18.0. The second-order valence-corrected chi connectivity index (χ2v) is 7.79. The van der Waals surface area contributed by atoms with E-state index < -0.39 is 23.4 Å². The molecule has 0 spiro atoms. The monoisotopic (exact) mass is 432 g/mol. The van der Waals surface area contributed by atoms with Crippen molar-refractivity contribution in [3.8, 4) is 0 Å². The summed E-state index contributed by atoms with van der Waals surface area (Å²) in [7, 11) is 0. The lowest BCUT2D eigenvalue weighted by atomic mass is 9.97. The number of rotatable bonds is 5. The number of anilines is 2. The summed E-state index contributed by atoms with van der Waals surface area (Å²) in [5.41, 5.74) is 4.06. The average molecular weight is 432 g/mol. The molecular formula is C26H22F2N2O2. The molecule has 0 aliphatic carbocycles. The van der Waals surface area contributed by atoms with Crippen LogP contribution in [0.2, 0.25) is 0 Å². The summed E-state index contributed by atoms with van der Waals surface area (Å²) in [5.74, 6) is -3.14. The van der Waals surface area contributed by atoms with Crippen molar-refractivity contribution in [3.63, 3.8) is 0 Å². The Morgan fingerprint density at radius 1 is 0.875 bits per heavy atom. The van der Waals surface area contributed by atoms with Crippen LogP contribution in [0.4, 0.5) is 20.2 Å². The van der Waals surface area contributed by atoms with Crippen molar-refractivity contribution in [2.24, 2.45) is 0 Å². The molecule has 32 heavy (non-hydrogen) atoms. The Morgan fingerprint density at radius 3 is 2.22 bits per heavy atom. The molecule has 0 radical (unpaired) electrons. The molecule has 0 unspecified atom stereocenters. The first-order valence-electron chi connectivity index (χ1n) is 10.3. The Morgan fingerprint density at radius 2 is 1.59 bits per heavy atom. The van der Waals surface area contributed by atoms with E-state index in [2.05, 4.69) is 5.32 Å². The Hall–Kier alpha value is -3.80. The quantitative estimate of drug-likeness (QED) is 0.539. The zero-order chi connectivity index (χ0) is 23.0. The third kappa shape index (κ3) is 3.80. The van der Waals surface area contributed by atoms with E-state index >= 15 is 0 Å². The number of amides is 2. The van der Waals surface area contributed by atoms with Crippen LogP contribution in [0.1, 0.15) is 29.2 Å². The molecule has 6 heteroatoms. The standard InChI is InChI=1S/C26H22F2N2O2/c1-4-17-6-9-19(10-7-17)29-24-23(20-11-5-15(2)13-16(20)3)25(31)30(26(24)32)22-12-8-18(27)14-21(22)28/h5-14,29H,4H2,1-3H3. The van der Waals surface area contributed by atoms with Crippen molar-refractivity contribution >= 4 is 28.8 Å². The summed E-state index contributed by atoms with van der Waals surface area (Å²) >= 11 is 0. The Labute approximate surface area is 185 Å². The molecule has 2 amide bonds. The summed E-state index contributed by atoms with van der Waals surface area (Å²) in [4.78, 5) is 27.6. The summed E-state index contributed by atoms with van der Waals surface area (Å²) in [6.45, 7) is 5.82. The van der Waals surface area contributed by atoms with E-state index in [4.69, 9.17) is 0 Å². The molecule has 0 atom stereocenters. The predicted molar refractivity (Wildman–Crippen MR) is 121 cm³/mol. The minimum atomic E-state index is -0.986. The fourth-order valence-corrected chi connectivity index (χ4v) is 3.84. The largest absolute Gasteiger partial charge is 0.350 e. The molecular weight excluding hydrogens is 410 g/mol. The molecule has 0 saturated heterocycles. The fraction of sp³-hybridized carbons (Fsp3) is 0.154. The molecule has 0 bridgehead atoms. The van der Waals surface area contributed by atoms with Crippen LogP contribution in [0, 0.1) is 25.5 Å². The van der Waals surface area contributed by atoms with Gasteiger partial charge in [-0.15, -0.1) is 0 Å². The highest BCUT2D eigenvalue weighted by Gasteiger charge is 2.41. The van der Waals surface area contributed by atoms with Gasteiger partial charge in [-0.05, 0) is 61.2 Å². The van der Waals surface area contributed by atoms with E-state index in [-0.39, 0.29) is 17.0 Å². The van der Waals surface area contributed by atoms with Crippen LogP contribution in [0.5, 0.6) is 0 Å². The zero-order valence-electron chi connectivity index (χ0n) is 18.0. The van der Waals surface area contributed by atoms with Gasteiger partial charge in [-0.3, -0.25) is 9.59 Å². The SMILES string of the molecule is CCc1ccc(NC2=C(c3ccc(C)cc3C)C(=O)N(c3ccc(F)cc3F)C2=O)cc1. The van der Waals surface area contributed by atoms with Gasteiger partial charge >= 0.3 is 0 Å². The highest BCUT2D eigenvalue weighted by atomic mass is 19.1. The van der Waals surface area contributed by atoms with Gasteiger partial charge in [0.05, 0.1) is 11.3 Å². The molecule has 4 rings (SSSR count). The average Bonchev–Trinajstić information content (AvgIpc) is 2.99. The number of nitrogens with zero attached hydrogens (tertiary/aromatic N) is 1. The molecule has 0 saturated carbocycles. The second kappa shape index (κ2) is 8.38. The van der Waals surface area contributed by atoms with E-state index in [1.807, 2.05) is 57.2 Å². The van der Waals surface area contributed by atoms with Gasteiger partial charge < -0.3 is 5.32 Å².